The van der Waals surface area contributed by atoms with Crippen molar-refractivity contribution in [3.63, 3.8) is 0 Å². The van der Waals surface area contributed by atoms with E-state index in [1.807, 2.05) is 0 Å². The predicted molar refractivity (Wildman–Crippen MR) is 106 cm³/mol. The Hall–Kier alpha value is -1.76. The van der Waals surface area contributed by atoms with Gasteiger partial charge in [0.1, 0.15) is 15.5 Å². The van der Waals surface area contributed by atoms with Gasteiger partial charge < -0.3 is 10.1 Å². The number of carbonyl (C=O) groups excluding carboxylic acids is 1. The fourth-order valence-electron chi connectivity index (χ4n) is 2.61. The molecule has 0 aliphatic carbocycles. The summed E-state index contributed by atoms with van der Waals surface area (Å²) in [7, 11) is -3.80. The zero-order valence-corrected chi connectivity index (χ0v) is 17.4. The summed E-state index contributed by atoms with van der Waals surface area (Å²) in [6, 6.07) is 6.87. The Kier molecular flexibility index (Phi) is 6.76. The Morgan fingerprint density at radius 3 is 2.62 bits per heavy atom. The van der Waals surface area contributed by atoms with E-state index in [0.29, 0.717) is 24.6 Å². The summed E-state index contributed by atoms with van der Waals surface area (Å²) in [6.07, 6.45) is -4.48. The first-order valence-electron chi connectivity index (χ1n) is 8.43. The number of anilines is 1. The molecule has 0 spiro atoms. The molecule has 2 aromatic rings. The number of amides is 1. The van der Waals surface area contributed by atoms with Crippen LogP contribution in [0, 0.1) is 0 Å². The molecule has 3 rings (SSSR count). The van der Waals surface area contributed by atoms with Crippen LogP contribution in [0.1, 0.15) is 9.67 Å². The first-order chi connectivity index (χ1) is 13.7. The summed E-state index contributed by atoms with van der Waals surface area (Å²) < 4.78 is 68.6. The average molecular weight is 467 g/mol. The van der Waals surface area contributed by atoms with E-state index in [9.17, 15) is 26.4 Å². The Morgan fingerprint density at radius 1 is 1.21 bits per heavy atom. The standard InChI is InChI=1S/C17H17F3N2O4S3/c18-17(19,20)11-26-13-3-1-2-12(10-13)21-16(23)15-14(4-7-28-15)29(24,25)22-5-8-27-9-6-22/h1-4,7,10H,5-6,8-9,11H2,(H,21,23). The maximum Gasteiger partial charge on any atom is 0.422 e. The number of carbonyl (C=O) groups is 1. The van der Waals surface area contributed by atoms with E-state index in [2.05, 4.69) is 10.1 Å². The predicted octanol–water partition coefficient (Wildman–Crippen LogP) is 3.68. The van der Waals surface area contributed by atoms with Crippen LogP contribution < -0.4 is 10.1 Å². The van der Waals surface area contributed by atoms with Crippen molar-refractivity contribution in [2.75, 3.05) is 36.5 Å². The molecule has 0 bridgehead atoms. The molecule has 12 heteroatoms. The maximum atomic E-state index is 12.9. The number of thioether (sulfide) groups is 1. The first kappa shape index (κ1) is 21.9. The van der Waals surface area contributed by atoms with E-state index >= 15 is 0 Å². The lowest BCUT2D eigenvalue weighted by Gasteiger charge is -2.25. The maximum absolute atomic E-state index is 12.9. The van der Waals surface area contributed by atoms with E-state index in [0.717, 1.165) is 11.3 Å². The van der Waals surface area contributed by atoms with Gasteiger partial charge in [-0.15, -0.1) is 11.3 Å². The zero-order chi connectivity index (χ0) is 21.1. The minimum absolute atomic E-state index is 0.0184. The fourth-order valence-corrected chi connectivity index (χ4v) is 6.48. The monoisotopic (exact) mass is 466 g/mol. The number of rotatable bonds is 6. The lowest BCUT2D eigenvalue weighted by Crippen LogP contribution is -2.38. The van der Waals surface area contributed by atoms with Gasteiger partial charge in [0.05, 0.1) is 0 Å². The number of sulfonamides is 1. The molecule has 0 saturated carbocycles. The molecule has 1 amide bonds. The van der Waals surface area contributed by atoms with Crippen LogP contribution in [0.15, 0.2) is 40.6 Å². The summed E-state index contributed by atoms with van der Waals surface area (Å²) in [6.45, 7) is -0.698. The molecule has 0 radical (unpaired) electrons. The van der Waals surface area contributed by atoms with Crippen LogP contribution in [0.3, 0.4) is 0 Å². The molecule has 1 aromatic heterocycles. The van der Waals surface area contributed by atoms with Crippen molar-refractivity contribution in [1.82, 2.24) is 4.31 Å². The van der Waals surface area contributed by atoms with Crippen molar-refractivity contribution in [1.29, 1.82) is 0 Å². The van der Waals surface area contributed by atoms with Crippen molar-refractivity contribution < 1.29 is 31.1 Å². The first-order valence-corrected chi connectivity index (χ1v) is 11.9. The van der Waals surface area contributed by atoms with E-state index in [4.69, 9.17) is 0 Å². The van der Waals surface area contributed by atoms with Gasteiger partial charge in [-0.3, -0.25) is 4.79 Å². The molecule has 158 valence electrons. The summed E-state index contributed by atoms with van der Waals surface area (Å²) in [5.74, 6) is 0.661. The number of ether oxygens (including phenoxy) is 1. The molecule has 0 unspecified atom stereocenters. The summed E-state index contributed by atoms with van der Waals surface area (Å²) in [4.78, 5) is 12.6. The molecule has 1 aromatic carbocycles. The van der Waals surface area contributed by atoms with Crippen molar-refractivity contribution in [2.24, 2.45) is 0 Å². The number of benzene rings is 1. The molecular formula is C17H17F3N2O4S3. The SMILES string of the molecule is O=C(Nc1cccc(OCC(F)(F)F)c1)c1sccc1S(=O)(=O)N1CCSCC1. The van der Waals surface area contributed by atoms with Crippen LogP contribution in [0.2, 0.25) is 0 Å². The lowest BCUT2D eigenvalue weighted by molar-refractivity contribution is -0.153. The van der Waals surface area contributed by atoms with Gasteiger partial charge in [0, 0.05) is 36.3 Å². The van der Waals surface area contributed by atoms with E-state index in [1.54, 1.807) is 11.8 Å². The lowest BCUT2D eigenvalue weighted by atomic mass is 10.3. The van der Waals surface area contributed by atoms with Gasteiger partial charge in [-0.1, -0.05) is 6.07 Å². The highest BCUT2D eigenvalue weighted by atomic mass is 32.2. The van der Waals surface area contributed by atoms with Crippen LogP contribution in [0.5, 0.6) is 5.75 Å². The van der Waals surface area contributed by atoms with Crippen LogP contribution in [-0.4, -0.2) is 56.0 Å². The van der Waals surface area contributed by atoms with Gasteiger partial charge in [-0.2, -0.15) is 29.2 Å². The number of thiophene rings is 1. The van der Waals surface area contributed by atoms with Crippen LogP contribution in [-0.2, 0) is 10.0 Å². The molecule has 2 heterocycles. The van der Waals surface area contributed by atoms with Gasteiger partial charge in [-0.05, 0) is 23.6 Å². The zero-order valence-electron chi connectivity index (χ0n) is 14.9. The quantitative estimate of drug-likeness (QED) is 0.703. The Morgan fingerprint density at radius 2 is 1.93 bits per heavy atom. The van der Waals surface area contributed by atoms with E-state index in [-0.39, 0.29) is 21.2 Å². The normalized spacial score (nSPS) is 15.8. The third-order valence-electron chi connectivity index (χ3n) is 3.92. The molecular weight excluding hydrogens is 449 g/mol. The van der Waals surface area contributed by atoms with Crippen molar-refractivity contribution in [2.45, 2.75) is 11.1 Å². The molecule has 6 nitrogen and oxygen atoms in total. The van der Waals surface area contributed by atoms with E-state index < -0.39 is 28.7 Å². The molecule has 1 aliphatic heterocycles. The van der Waals surface area contributed by atoms with Gasteiger partial charge in [0.15, 0.2) is 6.61 Å². The number of hydrogen-bond donors (Lipinski definition) is 1. The van der Waals surface area contributed by atoms with Crippen LogP contribution in [0.25, 0.3) is 0 Å². The molecule has 0 atom stereocenters. The molecule has 1 saturated heterocycles. The Labute approximate surface area is 174 Å². The summed E-state index contributed by atoms with van der Waals surface area (Å²) >= 11 is 2.65. The molecule has 1 aliphatic rings. The molecule has 1 fully saturated rings. The second-order valence-electron chi connectivity index (χ2n) is 6.02. The Balaban J connectivity index is 1.75. The largest absolute Gasteiger partial charge is 0.484 e. The smallest absolute Gasteiger partial charge is 0.422 e. The number of nitrogens with one attached hydrogen (secondary N) is 1. The average Bonchev–Trinajstić information content (AvgIpc) is 3.18. The van der Waals surface area contributed by atoms with Crippen molar-refractivity contribution in [3.8, 4) is 5.75 Å². The van der Waals surface area contributed by atoms with Crippen LogP contribution in [0.4, 0.5) is 18.9 Å². The number of alkyl halides is 3. The minimum Gasteiger partial charge on any atom is -0.484 e. The number of halogens is 3. The van der Waals surface area contributed by atoms with Gasteiger partial charge >= 0.3 is 6.18 Å². The van der Waals surface area contributed by atoms with Gasteiger partial charge in [0.25, 0.3) is 5.91 Å². The number of nitrogens with zero attached hydrogens (tertiary/aromatic N) is 1. The second-order valence-corrected chi connectivity index (χ2v) is 10.1. The second kappa shape index (κ2) is 8.94. The highest BCUT2D eigenvalue weighted by Gasteiger charge is 2.31. The molecule has 1 N–H and O–H groups in total. The molecule has 29 heavy (non-hydrogen) atoms. The highest BCUT2D eigenvalue weighted by Crippen LogP contribution is 2.28. The number of hydrogen-bond acceptors (Lipinski definition) is 6. The van der Waals surface area contributed by atoms with Crippen LogP contribution >= 0.6 is 23.1 Å². The van der Waals surface area contributed by atoms with Crippen molar-refractivity contribution in [3.05, 3.63) is 40.6 Å². The van der Waals surface area contributed by atoms with Gasteiger partial charge in [0.2, 0.25) is 10.0 Å². The van der Waals surface area contributed by atoms with Crippen molar-refractivity contribution >= 4 is 44.7 Å². The topological polar surface area (TPSA) is 75.7 Å². The fraction of sp³-hybridized carbons (Fsp3) is 0.353. The van der Waals surface area contributed by atoms with E-state index in [1.165, 1.54) is 40.0 Å². The third kappa shape index (κ3) is 5.65. The Bertz CT molecular complexity index is 970. The third-order valence-corrected chi connectivity index (χ3v) is 7.84. The summed E-state index contributed by atoms with van der Waals surface area (Å²) in [5, 5.41) is 4.04. The summed E-state index contributed by atoms with van der Waals surface area (Å²) in [5.41, 5.74) is 0.195. The minimum atomic E-state index is -4.48. The van der Waals surface area contributed by atoms with Gasteiger partial charge in [-0.25, -0.2) is 8.42 Å². The highest BCUT2D eigenvalue weighted by molar-refractivity contribution is 7.99.